The Balaban J connectivity index is 1.67. The zero-order chi connectivity index (χ0) is 20.1. The summed E-state index contributed by atoms with van der Waals surface area (Å²) in [5, 5.41) is 3.49. The minimum Gasteiger partial charge on any atom is -0.493 e. The minimum atomic E-state index is -0.467. The summed E-state index contributed by atoms with van der Waals surface area (Å²) in [6.07, 6.45) is 4.83. The van der Waals surface area contributed by atoms with Crippen LogP contribution in [0.25, 0.3) is 0 Å². The molecule has 1 heterocycles. The molecule has 0 radical (unpaired) electrons. The molecular formula is C21H26N2O4S. The lowest BCUT2D eigenvalue weighted by Crippen LogP contribution is -2.18. The van der Waals surface area contributed by atoms with E-state index >= 15 is 0 Å². The molecule has 7 heteroatoms. The molecule has 0 saturated heterocycles. The van der Waals surface area contributed by atoms with Gasteiger partial charge < -0.3 is 20.5 Å². The first-order valence-corrected chi connectivity index (χ1v) is 10.4. The zero-order valence-electron chi connectivity index (χ0n) is 16.3. The number of aryl methyl sites for hydroxylation is 2. The Morgan fingerprint density at radius 2 is 2.00 bits per heavy atom. The maximum absolute atomic E-state index is 12.5. The number of thiophene rings is 1. The van der Waals surface area contributed by atoms with Crippen molar-refractivity contribution in [1.82, 2.24) is 0 Å². The molecule has 0 atom stereocenters. The molecule has 2 aromatic rings. The number of hydrogen-bond acceptors (Lipinski definition) is 5. The normalized spacial score (nSPS) is 12.9. The number of amides is 2. The first-order chi connectivity index (χ1) is 13.5. The highest BCUT2D eigenvalue weighted by atomic mass is 32.1. The van der Waals surface area contributed by atoms with Gasteiger partial charge in [-0.15, -0.1) is 11.3 Å². The lowest BCUT2D eigenvalue weighted by molar-refractivity contribution is -0.116. The summed E-state index contributed by atoms with van der Waals surface area (Å²) in [6.45, 7) is 2.48. The van der Waals surface area contributed by atoms with Crippen LogP contribution in [0, 0.1) is 0 Å². The predicted molar refractivity (Wildman–Crippen MR) is 111 cm³/mol. The van der Waals surface area contributed by atoms with Crippen molar-refractivity contribution >= 4 is 28.2 Å². The molecule has 2 amide bonds. The van der Waals surface area contributed by atoms with E-state index in [1.807, 2.05) is 25.1 Å². The summed E-state index contributed by atoms with van der Waals surface area (Å²) in [4.78, 5) is 25.6. The number of hydrogen-bond donors (Lipinski definition) is 2. The van der Waals surface area contributed by atoms with E-state index in [0.29, 0.717) is 41.5 Å². The van der Waals surface area contributed by atoms with E-state index in [2.05, 4.69) is 5.32 Å². The molecule has 0 spiro atoms. The van der Waals surface area contributed by atoms with E-state index in [0.717, 1.165) is 36.8 Å². The molecule has 1 aromatic carbocycles. The molecule has 0 saturated carbocycles. The molecule has 1 aliphatic carbocycles. The van der Waals surface area contributed by atoms with Gasteiger partial charge in [0.2, 0.25) is 5.91 Å². The summed E-state index contributed by atoms with van der Waals surface area (Å²) in [5.74, 6) is 0.745. The molecular weight excluding hydrogens is 376 g/mol. The SMILES string of the molecule is CCOc1ccc(CCC(=O)Nc2sc3c(c2C(N)=O)CCCC3)cc1OC. The zero-order valence-corrected chi connectivity index (χ0v) is 17.1. The van der Waals surface area contributed by atoms with Gasteiger partial charge in [0.1, 0.15) is 5.00 Å². The van der Waals surface area contributed by atoms with Gasteiger partial charge in [0.25, 0.3) is 5.91 Å². The van der Waals surface area contributed by atoms with Crippen LogP contribution in [-0.4, -0.2) is 25.5 Å². The number of nitrogens with one attached hydrogen (secondary N) is 1. The van der Waals surface area contributed by atoms with Crippen molar-refractivity contribution in [1.29, 1.82) is 0 Å². The van der Waals surface area contributed by atoms with Gasteiger partial charge in [-0.25, -0.2) is 0 Å². The van der Waals surface area contributed by atoms with Crippen molar-refractivity contribution in [3.63, 3.8) is 0 Å². The second-order valence-electron chi connectivity index (χ2n) is 6.75. The van der Waals surface area contributed by atoms with E-state index in [-0.39, 0.29) is 5.91 Å². The molecule has 1 aromatic heterocycles. The second kappa shape index (κ2) is 9.10. The lowest BCUT2D eigenvalue weighted by Gasteiger charge is -2.11. The van der Waals surface area contributed by atoms with Gasteiger partial charge in [-0.3, -0.25) is 9.59 Å². The first-order valence-electron chi connectivity index (χ1n) is 9.57. The van der Waals surface area contributed by atoms with Crippen molar-refractivity contribution in [3.8, 4) is 11.5 Å². The molecule has 1 aliphatic rings. The van der Waals surface area contributed by atoms with Gasteiger partial charge in [-0.2, -0.15) is 0 Å². The van der Waals surface area contributed by atoms with Gasteiger partial charge >= 0.3 is 0 Å². The van der Waals surface area contributed by atoms with Gasteiger partial charge in [0.05, 0.1) is 19.3 Å². The molecule has 0 unspecified atom stereocenters. The van der Waals surface area contributed by atoms with Crippen molar-refractivity contribution in [2.45, 2.75) is 45.4 Å². The van der Waals surface area contributed by atoms with Crippen LogP contribution in [0.15, 0.2) is 18.2 Å². The fourth-order valence-electron chi connectivity index (χ4n) is 3.50. The van der Waals surface area contributed by atoms with Crippen molar-refractivity contribution < 1.29 is 19.1 Å². The Morgan fingerprint density at radius 3 is 2.71 bits per heavy atom. The van der Waals surface area contributed by atoms with Crippen molar-refractivity contribution in [2.24, 2.45) is 5.73 Å². The number of benzene rings is 1. The standard InChI is InChI=1S/C21H26N2O4S/c1-3-27-15-10-8-13(12-16(15)26-2)9-11-18(24)23-21-19(20(22)25)14-6-4-5-7-17(14)28-21/h8,10,12H,3-7,9,11H2,1-2H3,(H2,22,25)(H,23,24). The van der Waals surface area contributed by atoms with E-state index in [1.54, 1.807) is 7.11 Å². The summed E-state index contributed by atoms with van der Waals surface area (Å²) < 4.78 is 10.9. The van der Waals surface area contributed by atoms with Gasteiger partial charge in [-0.1, -0.05) is 6.07 Å². The Bertz CT molecular complexity index is 876. The third-order valence-electron chi connectivity index (χ3n) is 4.84. The topological polar surface area (TPSA) is 90.6 Å². The summed E-state index contributed by atoms with van der Waals surface area (Å²) in [5.41, 5.74) is 8.09. The number of ether oxygens (including phenoxy) is 2. The maximum atomic E-state index is 12.5. The van der Waals surface area contributed by atoms with Gasteiger partial charge in [0, 0.05) is 11.3 Å². The van der Waals surface area contributed by atoms with Crippen LogP contribution in [0.1, 0.15) is 52.5 Å². The molecule has 3 rings (SSSR count). The lowest BCUT2D eigenvalue weighted by atomic mass is 9.95. The maximum Gasteiger partial charge on any atom is 0.251 e. The first kappa shape index (κ1) is 20.2. The molecule has 0 fully saturated rings. The fourth-order valence-corrected chi connectivity index (χ4v) is 4.81. The number of fused-ring (bicyclic) bond motifs is 1. The van der Waals surface area contributed by atoms with E-state index in [1.165, 1.54) is 16.2 Å². The monoisotopic (exact) mass is 402 g/mol. The fraction of sp³-hybridized carbons (Fsp3) is 0.429. The third-order valence-corrected chi connectivity index (χ3v) is 6.05. The molecule has 150 valence electrons. The highest BCUT2D eigenvalue weighted by Gasteiger charge is 2.24. The Kier molecular flexibility index (Phi) is 6.57. The number of carbonyl (C=O) groups excluding carboxylic acids is 2. The highest BCUT2D eigenvalue weighted by molar-refractivity contribution is 7.17. The minimum absolute atomic E-state index is 0.131. The summed E-state index contributed by atoms with van der Waals surface area (Å²) in [6, 6.07) is 5.67. The average molecular weight is 403 g/mol. The second-order valence-corrected chi connectivity index (χ2v) is 7.85. The number of primary amides is 1. The third kappa shape index (κ3) is 4.47. The average Bonchev–Trinajstić information content (AvgIpc) is 3.05. The molecule has 3 N–H and O–H groups in total. The van der Waals surface area contributed by atoms with Crippen LogP contribution in [0.5, 0.6) is 11.5 Å². The van der Waals surface area contributed by atoms with Crippen LogP contribution < -0.4 is 20.5 Å². The number of rotatable bonds is 8. The highest BCUT2D eigenvalue weighted by Crippen LogP contribution is 2.38. The molecule has 6 nitrogen and oxygen atoms in total. The number of nitrogens with two attached hydrogens (primary N) is 1. The summed E-state index contributed by atoms with van der Waals surface area (Å²) in [7, 11) is 1.60. The number of anilines is 1. The predicted octanol–water partition coefficient (Wildman–Crippen LogP) is 3.70. The van der Waals surface area contributed by atoms with Crippen LogP contribution >= 0.6 is 11.3 Å². The largest absolute Gasteiger partial charge is 0.493 e. The van der Waals surface area contributed by atoms with Crippen LogP contribution in [0.2, 0.25) is 0 Å². The van der Waals surface area contributed by atoms with Crippen LogP contribution in [0.3, 0.4) is 0 Å². The van der Waals surface area contributed by atoms with Crippen molar-refractivity contribution in [2.75, 3.05) is 19.0 Å². The Labute approximate surface area is 169 Å². The molecule has 28 heavy (non-hydrogen) atoms. The quantitative estimate of drug-likeness (QED) is 0.704. The van der Waals surface area contributed by atoms with Crippen molar-refractivity contribution in [3.05, 3.63) is 39.8 Å². The number of methoxy groups -OCH3 is 1. The van der Waals surface area contributed by atoms with Gasteiger partial charge in [0.15, 0.2) is 11.5 Å². The van der Waals surface area contributed by atoms with Crippen LogP contribution in [0.4, 0.5) is 5.00 Å². The van der Waals surface area contributed by atoms with E-state index in [4.69, 9.17) is 15.2 Å². The van der Waals surface area contributed by atoms with Gasteiger partial charge in [-0.05, 0) is 62.3 Å². The van der Waals surface area contributed by atoms with Crippen LogP contribution in [-0.2, 0) is 24.1 Å². The Morgan fingerprint density at radius 1 is 1.21 bits per heavy atom. The summed E-state index contributed by atoms with van der Waals surface area (Å²) >= 11 is 1.48. The molecule has 0 aliphatic heterocycles. The van der Waals surface area contributed by atoms with E-state index < -0.39 is 5.91 Å². The molecule has 0 bridgehead atoms. The number of carbonyl (C=O) groups is 2. The Hall–Kier alpha value is -2.54. The smallest absolute Gasteiger partial charge is 0.251 e. The van der Waals surface area contributed by atoms with E-state index in [9.17, 15) is 9.59 Å².